The van der Waals surface area contributed by atoms with Crippen LogP contribution < -0.4 is 0 Å². The number of hydrogen-bond acceptors (Lipinski definition) is 5. The molecule has 0 unspecified atom stereocenters. The minimum absolute atomic E-state index is 0.247. The number of aromatic nitrogens is 3. The summed E-state index contributed by atoms with van der Waals surface area (Å²) in [6.45, 7) is 0. The number of carbonyl (C=O) groups is 1. The zero-order valence-corrected chi connectivity index (χ0v) is 12.1. The molecule has 7 heteroatoms. The minimum atomic E-state index is -1.17. The molecule has 2 heterocycles. The highest BCUT2D eigenvalue weighted by molar-refractivity contribution is 7.99. The summed E-state index contributed by atoms with van der Waals surface area (Å²) in [5, 5.41) is 11.4. The molecule has 1 N–H and O–H groups in total. The first-order valence-electron chi connectivity index (χ1n) is 5.93. The van der Waals surface area contributed by atoms with Gasteiger partial charge in [0, 0.05) is 11.6 Å². The average Bonchev–Trinajstić information content (AvgIpc) is 2.49. The van der Waals surface area contributed by atoms with Crippen LogP contribution in [0.4, 0.5) is 0 Å². The third-order valence-electron chi connectivity index (χ3n) is 2.68. The zero-order valence-electron chi connectivity index (χ0n) is 10.5. The molecule has 1 aromatic carbocycles. The second-order valence-corrected chi connectivity index (χ2v) is 5.45. The van der Waals surface area contributed by atoms with E-state index >= 15 is 0 Å². The van der Waals surface area contributed by atoms with Gasteiger partial charge < -0.3 is 5.11 Å². The van der Waals surface area contributed by atoms with Crippen molar-refractivity contribution in [3.05, 3.63) is 53.4 Å². The lowest BCUT2D eigenvalue weighted by molar-refractivity contribution is 0.0683. The van der Waals surface area contributed by atoms with Gasteiger partial charge in [-0.15, -0.1) is 0 Å². The smallest absolute Gasteiger partial charge is 0.373 e. The van der Waals surface area contributed by atoms with Crippen LogP contribution in [0.3, 0.4) is 0 Å². The Hall–Kier alpha value is -2.18. The largest absolute Gasteiger partial charge is 0.475 e. The Morgan fingerprint density at radius 2 is 1.90 bits per heavy atom. The van der Waals surface area contributed by atoms with Gasteiger partial charge in [-0.2, -0.15) is 0 Å². The van der Waals surface area contributed by atoms with Crippen molar-refractivity contribution in [2.45, 2.75) is 10.1 Å². The number of para-hydroxylation sites is 1. The van der Waals surface area contributed by atoms with E-state index in [1.165, 1.54) is 11.8 Å². The van der Waals surface area contributed by atoms with E-state index in [0.29, 0.717) is 20.6 Å². The van der Waals surface area contributed by atoms with Crippen LogP contribution in [0.1, 0.15) is 10.6 Å². The van der Waals surface area contributed by atoms with E-state index in [4.69, 9.17) is 16.7 Å². The molecule has 0 amide bonds. The number of rotatable bonds is 3. The molecule has 0 aliphatic heterocycles. The maximum absolute atomic E-state index is 11.1. The fourth-order valence-corrected chi connectivity index (χ4v) is 2.87. The SMILES string of the molecule is O=C(O)c1nc(Sc2ncccc2Cl)c2ccccc2n1. The fraction of sp³-hybridized carbons (Fsp3) is 0. The minimum Gasteiger partial charge on any atom is -0.475 e. The van der Waals surface area contributed by atoms with E-state index in [1.54, 1.807) is 30.5 Å². The zero-order chi connectivity index (χ0) is 14.8. The molecule has 0 aliphatic carbocycles. The molecule has 0 atom stereocenters. The van der Waals surface area contributed by atoms with Crippen molar-refractivity contribution < 1.29 is 9.90 Å². The molecule has 0 fully saturated rings. The maximum atomic E-state index is 11.1. The standard InChI is InChI=1S/C14H8ClN3O2S/c15-9-5-3-7-16-13(9)21-12-8-4-1-2-6-10(8)17-11(18-12)14(19)20/h1-7H,(H,19,20). The highest BCUT2D eigenvalue weighted by atomic mass is 35.5. The molecule has 3 aromatic rings. The highest BCUT2D eigenvalue weighted by Gasteiger charge is 2.15. The monoisotopic (exact) mass is 317 g/mol. The van der Waals surface area contributed by atoms with Gasteiger partial charge in [-0.25, -0.2) is 19.7 Å². The predicted octanol–water partition coefficient (Wildman–Crippen LogP) is 3.53. The first-order valence-corrected chi connectivity index (χ1v) is 7.13. The Labute approximate surface area is 129 Å². The normalized spacial score (nSPS) is 10.7. The van der Waals surface area contributed by atoms with Gasteiger partial charge in [0.05, 0.1) is 10.5 Å². The number of halogens is 1. The summed E-state index contributed by atoms with van der Waals surface area (Å²) in [5.74, 6) is -1.42. The number of pyridine rings is 1. The summed E-state index contributed by atoms with van der Waals surface area (Å²) < 4.78 is 0. The van der Waals surface area contributed by atoms with Crippen molar-refractivity contribution in [3.8, 4) is 0 Å². The molecule has 5 nitrogen and oxygen atoms in total. The first kappa shape index (κ1) is 13.8. The van der Waals surface area contributed by atoms with Gasteiger partial charge in [0.25, 0.3) is 0 Å². The van der Waals surface area contributed by atoms with Crippen LogP contribution in [-0.4, -0.2) is 26.0 Å². The summed E-state index contributed by atoms with van der Waals surface area (Å²) in [5.41, 5.74) is 0.569. The van der Waals surface area contributed by atoms with Gasteiger partial charge in [-0.05, 0) is 30.0 Å². The van der Waals surface area contributed by atoms with Gasteiger partial charge in [-0.3, -0.25) is 0 Å². The van der Waals surface area contributed by atoms with Crippen LogP contribution in [0.2, 0.25) is 5.02 Å². The van der Waals surface area contributed by atoms with E-state index < -0.39 is 5.97 Å². The van der Waals surface area contributed by atoms with Crippen molar-refractivity contribution in [2.75, 3.05) is 0 Å². The van der Waals surface area contributed by atoms with Crippen molar-refractivity contribution in [1.29, 1.82) is 0 Å². The van der Waals surface area contributed by atoms with Crippen molar-refractivity contribution in [2.24, 2.45) is 0 Å². The summed E-state index contributed by atoms with van der Waals surface area (Å²) in [7, 11) is 0. The molecule has 0 spiro atoms. The van der Waals surface area contributed by atoms with Gasteiger partial charge in [0.1, 0.15) is 10.1 Å². The second kappa shape index (κ2) is 5.67. The predicted molar refractivity (Wildman–Crippen MR) is 79.9 cm³/mol. The Morgan fingerprint density at radius 3 is 2.67 bits per heavy atom. The van der Waals surface area contributed by atoms with E-state index in [1.807, 2.05) is 12.1 Å². The molecule has 2 aromatic heterocycles. The maximum Gasteiger partial charge on any atom is 0.373 e. The third-order valence-corrected chi connectivity index (χ3v) is 4.12. The Balaban J connectivity index is 2.16. The second-order valence-electron chi connectivity index (χ2n) is 4.07. The number of hydrogen-bond donors (Lipinski definition) is 1. The molecule has 0 saturated heterocycles. The molecule has 0 bridgehead atoms. The molecule has 21 heavy (non-hydrogen) atoms. The number of carboxylic acid groups (broad SMARTS) is 1. The lowest BCUT2D eigenvalue weighted by Gasteiger charge is -2.06. The summed E-state index contributed by atoms with van der Waals surface area (Å²) in [6.07, 6.45) is 1.62. The molecular formula is C14H8ClN3O2S. The van der Waals surface area contributed by atoms with Crippen molar-refractivity contribution in [3.63, 3.8) is 0 Å². The van der Waals surface area contributed by atoms with Gasteiger partial charge in [0.2, 0.25) is 5.82 Å². The van der Waals surface area contributed by atoms with Crippen LogP contribution in [0.5, 0.6) is 0 Å². The van der Waals surface area contributed by atoms with Gasteiger partial charge in [0.15, 0.2) is 0 Å². The van der Waals surface area contributed by atoms with Crippen molar-refractivity contribution in [1.82, 2.24) is 15.0 Å². The van der Waals surface area contributed by atoms with Crippen LogP contribution in [0.15, 0.2) is 52.6 Å². The van der Waals surface area contributed by atoms with E-state index in [-0.39, 0.29) is 5.82 Å². The first-order chi connectivity index (χ1) is 10.1. The molecule has 3 rings (SSSR count). The summed E-state index contributed by atoms with van der Waals surface area (Å²) >= 11 is 7.30. The van der Waals surface area contributed by atoms with Crippen LogP contribution >= 0.6 is 23.4 Å². The van der Waals surface area contributed by atoms with E-state index in [2.05, 4.69) is 15.0 Å². The summed E-state index contributed by atoms with van der Waals surface area (Å²) in [4.78, 5) is 23.4. The van der Waals surface area contributed by atoms with Crippen LogP contribution in [0, 0.1) is 0 Å². The summed E-state index contributed by atoms with van der Waals surface area (Å²) in [6, 6.07) is 10.7. The molecule has 0 saturated carbocycles. The number of carboxylic acids is 1. The lowest BCUT2D eigenvalue weighted by atomic mass is 10.2. The Morgan fingerprint density at radius 1 is 1.10 bits per heavy atom. The molecular weight excluding hydrogens is 310 g/mol. The van der Waals surface area contributed by atoms with Gasteiger partial charge >= 0.3 is 5.97 Å². The lowest BCUT2D eigenvalue weighted by Crippen LogP contribution is -2.05. The third kappa shape index (κ3) is 2.81. The van der Waals surface area contributed by atoms with E-state index in [9.17, 15) is 4.79 Å². The number of fused-ring (bicyclic) bond motifs is 1. The van der Waals surface area contributed by atoms with Crippen molar-refractivity contribution >= 4 is 40.2 Å². The molecule has 0 aliphatic rings. The molecule has 0 radical (unpaired) electrons. The number of aromatic carboxylic acids is 1. The van der Waals surface area contributed by atoms with Crippen LogP contribution in [-0.2, 0) is 0 Å². The quantitative estimate of drug-likeness (QED) is 0.745. The van der Waals surface area contributed by atoms with Gasteiger partial charge in [-0.1, -0.05) is 29.8 Å². The number of nitrogens with zero attached hydrogens (tertiary/aromatic N) is 3. The Kier molecular flexibility index (Phi) is 3.72. The topological polar surface area (TPSA) is 76.0 Å². The van der Waals surface area contributed by atoms with Crippen LogP contribution in [0.25, 0.3) is 10.9 Å². The fourth-order valence-electron chi connectivity index (χ4n) is 1.76. The van der Waals surface area contributed by atoms with E-state index in [0.717, 1.165) is 5.39 Å². The average molecular weight is 318 g/mol. The number of benzene rings is 1. The highest BCUT2D eigenvalue weighted by Crippen LogP contribution is 2.33. The Bertz CT molecular complexity index is 841. The molecule has 104 valence electrons.